The molecule has 190 valence electrons. The van der Waals surface area contributed by atoms with E-state index in [1.807, 2.05) is 0 Å². The molecule has 1 heterocycles. The van der Waals surface area contributed by atoms with E-state index in [0.29, 0.717) is 11.8 Å². The number of aliphatic hydroxyl groups excluding tert-OH is 1. The highest BCUT2D eigenvalue weighted by atomic mass is 16.6. The molecule has 0 radical (unpaired) electrons. The van der Waals surface area contributed by atoms with Crippen LogP contribution in [-0.2, 0) is 9.53 Å². The minimum Gasteiger partial charge on any atom is -0.481 e. The van der Waals surface area contributed by atoms with Crippen LogP contribution >= 0.6 is 0 Å². The molecule has 0 aromatic rings. The van der Waals surface area contributed by atoms with Crippen LogP contribution in [0.25, 0.3) is 0 Å². The van der Waals surface area contributed by atoms with Crippen LogP contribution in [0.2, 0.25) is 0 Å². The SMILES string of the molecule is CC1(C)CC[C@]2(C(=O)O)CC[C@]3(C)C(=CCC4[C@]5(C)C(CC[C@]43C)C(C)(C)[C@H](O)[C@@H]3O[C@@H]35)C2C1. The fraction of sp³-hybridized carbons (Fsp3) is 0.900. The maximum absolute atomic E-state index is 12.8. The van der Waals surface area contributed by atoms with E-state index in [0.717, 1.165) is 51.4 Å². The fourth-order valence-corrected chi connectivity index (χ4v) is 11.0. The van der Waals surface area contributed by atoms with Gasteiger partial charge in [0.1, 0.15) is 6.10 Å². The number of ether oxygens (including phenoxy) is 1. The first-order valence-corrected chi connectivity index (χ1v) is 13.9. The Morgan fingerprint density at radius 2 is 1.65 bits per heavy atom. The van der Waals surface area contributed by atoms with E-state index in [4.69, 9.17) is 4.74 Å². The van der Waals surface area contributed by atoms with Crippen molar-refractivity contribution >= 4 is 5.97 Å². The lowest BCUT2D eigenvalue weighted by Crippen LogP contribution is -2.67. The summed E-state index contributed by atoms with van der Waals surface area (Å²) in [5.74, 6) is 0.551. The van der Waals surface area contributed by atoms with Gasteiger partial charge in [-0.1, -0.05) is 60.1 Å². The van der Waals surface area contributed by atoms with Crippen molar-refractivity contribution in [1.29, 1.82) is 0 Å². The van der Waals surface area contributed by atoms with Gasteiger partial charge < -0.3 is 14.9 Å². The Bertz CT molecular complexity index is 965. The Hall–Kier alpha value is -0.870. The zero-order valence-electron chi connectivity index (χ0n) is 22.4. The van der Waals surface area contributed by atoms with Crippen LogP contribution in [-0.4, -0.2) is 34.5 Å². The van der Waals surface area contributed by atoms with Crippen LogP contribution in [0.15, 0.2) is 11.6 Å². The van der Waals surface area contributed by atoms with Crippen LogP contribution in [0.3, 0.4) is 0 Å². The van der Waals surface area contributed by atoms with Crippen LogP contribution < -0.4 is 0 Å². The Morgan fingerprint density at radius 1 is 0.971 bits per heavy atom. The lowest BCUT2D eigenvalue weighted by molar-refractivity contribution is -0.197. The average molecular weight is 471 g/mol. The molecule has 2 N–H and O–H groups in total. The summed E-state index contributed by atoms with van der Waals surface area (Å²) in [5.41, 5.74) is 1.18. The molecular weight excluding hydrogens is 424 g/mol. The van der Waals surface area contributed by atoms with Crippen molar-refractivity contribution < 1.29 is 19.7 Å². The number of fused-ring (bicyclic) bond motifs is 9. The van der Waals surface area contributed by atoms with Gasteiger partial charge in [0.2, 0.25) is 0 Å². The number of carboxylic acids is 1. The summed E-state index contributed by atoms with van der Waals surface area (Å²) in [4.78, 5) is 12.8. The van der Waals surface area contributed by atoms with Gasteiger partial charge >= 0.3 is 5.97 Å². The molecule has 0 aromatic heterocycles. The Labute approximate surface area is 205 Å². The number of epoxide rings is 1. The second-order valence-corrected chi connectivity index (χ2v) is 15.3. The summed E-state index contributed by atoms with van der Waals surface area (Å²) in [6, 6.07) is 0. The molecule has 5 fully saturated rings. The molecule has 3 unspecified atom stereocenters. The maximum atomic E-state index is 12.8. The molecule has 1 saturated heterocycles. The van der Waals surface area contributed by atoms with Gasteiger partial charge in [-0.3, -0.25) is 4.79 Å². The molecule has 0 spiro atoms. The van der Waals surface area contributed by atoms with Crippen LogP contribution in [0.5, 0.6) is 0 Å². The van der Waals surface area contributed by atoms with E-state index in [1.165, 1.54) is 5.57 Å². The molecule has 4 saturated carbocycles. The number of allylic oxidation sites excluding steroid dienone is 2. The third kappa shape index (κ3) is 2.51. The number of aliphatic carboxylic acids is 1. The van der Waals surface area contributed by atoms with Gasteiger partial charge in [-0.25, -0.2) is 0 Å². The quantitative estimate of drug-likeness (QED) is 0.352. The first-order chi connectivity index (χ1) is 15.7. The Balaban J connectivity index is 1.46. The predicted octanol–water partition coefficient (Wildman–Crippen LogP) is 6.22. The average Bonchev–Trinajstić information content (AvgIpc) is 3.54. The smallest absolute Gasteiger partial charge is 0.310 e. The Kier molecular flexibility index (Phi) is 4.51. The summed E-state index contributed by atoms with van der Waals surface area (Å²) >= 11 is 0. The predicted molar refractivity (Wildman–Crippen MR) is 132 cm³/mol. The number of carboxylic acid groups (broad SMARTS) is 1. The zero-order valence-corrected chi connectivity index (χ0v) is 22.4. The molecule has 6 aliphatic rings. The molecule has 10 atom stereocenters. The standard InChI is InChI=1S/C30H46O4/c1-25(2)12-14-30(24(32)33)15-13-27(5)17(18(30)16-25)8-9-20-28(27,6)11-10-19-26(3,4)22(31)21-23(34-21)29(19,20)7/h8,18-23,31H,9-16H2,1-7H3,(H,32,33)/t18?,19?,20?,21-,22+,23-,27+,28+,29-,30-/m0/s1. The lowest BCUT2D eigenvalue weighted by Gasteiger charge is -2.70. The topological polar surface area (TPSA) is 70.1 Å². The summed E-state index contributed by atoms with van der Waals surface area (Å²) in [7, 11) is 0. The first-order valence-electron chi connectivity index (χ1n) is 13.9. The molecule has 34 heavy (non-hydrogen) atoms. The van der Waals surface area contributed by atoms with Crippen molar-refractivity contribution in [3.8, 4) is 0 Å². The van der Waals surface area contributed by atoms with Gasteiger partial charge in [0, 0.05) is 5.41 Å². The maximum Gasteiger partial charge on any atom is 0.310 e. The number of hydrogen-bond acceptors (Lipinski definition) is 3. The molecule has 0 amide bonds. The summed E-state index contributed by atoms with van der Waals surface area (Å²) in [5, 5.41) is 21.6. The van der Waals surface area contributed by atoms with Gasteiger partial charge in [0.15, 0.2) is 0 Å². The largest absolute Gasteiger partial charge is 0.481 e. The second kappa shape index (κ2) is 6.52. The van der Waals surface area contributed by atoms with Crippen molar-refractivity contribution in [3.05, 3.63) is 11.6 Å². The second-order valence-electron chi connectivity index (χ2n) is 15.3. The number of carbonyl (C=O) groups is 1. The van der Waals surface area contributed by atoms with Crippen molar-refractivity contribution in [3.63, 3.8) is 0 Å². The minimum absolute atomic E-state index is 0.0121. The summed E-state index contributed by atoms with van der Waals surface area (Å²) in [6.07, 6.45) is 10.2. The monoisotopic (exact) mass is 470 g/mol. The van der Waals surface area contributed by atoms with E-state index >= 15 is 0 Å². The van der Waals surface area contributed by atoms with Gasteiger partial charge in [-0.2, -0.15) is 0 Å². The van der Waals surface area contributed by atoms with Crippen LogP contribution in [0.4, 0.5) is 0 Å². The first kappa shape index (κ1) is 23.5. The molecule has 4 nitrogen and oxygen atoms in total. The van der Waals surface area contributed by atoms with E-state index in [-0.39, 0.29) is 51.3 Å². The van der Waals surface area contributed by atoms with Crippen molar-refractivity contribution in [2.24, 2.45) is 50.2 Å². The van der Waals surface area contributed by atoms with Gasteiger partial charge in [-0.15, -0.1) is 0 Å². The molecular formula is C30H46O4. The number of hydrogen-bond donors (Lipinski definition) is 2. The van der Waals surface area contributed by atoms with E-state index < -0.39 is 11.4 Å². The van der Waals surface area contributed by atoms with Crippen molar-refractivity contribution in [2.75, 3.05) is 0 Å². The van der Waals surface area contributed by atoms with E-state index in [9.17, 15) is 15.0 Å². The van der Waals surface area contributed by atoms with Crippen molar-refractivity contribution in [1.82, 2.24) is 0 Å². The highest BCUT2D eigenvalue weighted by molar-refractivity contribution is 5.76. The molecule has 5 aliphatic carbocycles. The van der Waals surface area contributed by atoms with E-state index in [1.54, 1.807) is 0 Å². The molecule has 4 heteroatoms. The van der Waals surface area contributed by atoms with Crippen molar-refractivity contribution in [2.45, 2.75) is 118 Å². The van der Waals surface area contributed by atoms with Crippen LogP contribution in [0, 0.1) is 50.2 Å². The van der Waals surface area contributed by atoms with Gasteiger partial charge in [-0.05, 0) is 90.8 Å². The molecule has 1 aliphatic heterocycles. The number of rotatable bonds is 1. The van der Waals surface area contributed by atoms with Crippen LogP contribution in [0.1, 0.15) is 99.8 Å². The molecule has 0 aromatic carbocycles. The van der Waals surface area contributed by atoms with Gasteiger partial charge in [0.25, 0.3) is 0 Å². The summed E-state index contributed by atoms with van der Waals surface area (Å²) in [6.45, 7) is 16.7. The lowest BCUT2D eigenvalue weighted by atomic mass is 9.33. The minimum atomic E-state index is -0.577. The molecule has 6 rings (SSSR count). The van der Waals surface area contributed by atoms with E-state index in [2.05, 4.69) is 54.5 Å². The highest BCUT2D eigenvalue weighted by Crippen LogP contribution is 2.77. The normalized spacial score (nSPS) is 56.5. The fourth-order valence-electron chi connectivity index (χ4n) is 11.0. The van der Waals surface area contributed by atoms with Gasteiger partial charge in [0.05, 0.1) is 17.6 Å². The third-order valence-electron chi connectivity index (χ3n) is 13.3. The highest BCUT2D eigenvalue weighted by Gasteiger charge is 2.76. The Morgan fingerprint density at radius 3 is 2.32 bits per heavy atom. The number of aliphatic hydroxyl groups is 1. The summed E-state index contributed by atoms with van der Waals surface area (Å²) < 4.78 is 6.27. The molecule has 0 bridgehead atoms. The third-order valence-corrected chi connectivity index (χ3v) is 13.3. The zero-order chi connectivity index (χ0) is 24.7.